The summed E-state index contributed by atoms with van der Waals surface area (Å²) in [7, 11) is 1.73. The van der Waals surface area contributed by atoms with E-state index in [0.717, 1.165) is 0 Å². The first-order chi connectivity index (χ1) is 8.86. The van der Waals surface area contributed by atoms with Crippen molar-refractivity contribution in [1.29, 1.82) is 0 Å². The summed E-state index contributed by atoms with van der Waals surface area (Å²) in [5.41, 5.74) is 0.443. The third kappa shape index (κ3) is 3.92. The van der Waals surface area contributed by atoms with E-state index < -0.39 is 11.9 Å². The first kappa shape index (κ1) is 15.4. The van der Waals surface area contributed by atoms with Crippen LogP contribution in [0.2, 0.25) is 0 Å². The van der Waals surface area contributed by atoms with Gasteiger partial charge in [-0.2, -0.15) is 0 Å². The first-order valence-corrected chi connectivity index (χ1v) is 6.36. The lowest BCUT2D eigenvalue weighted by molar-refractivity contribution is -0.131. The Morgan fingerprint density at radius 2 is 2.11 bits per heavy atom. The molecule has 1 aromatic rings. The fourth-order valence-corrected chi connectivity index (χ4v) is 1.89. The number of hydrogen-bond donors (Lipinski definition) is 2. The summed E-state index contributed by atoms with van der Waals surface area (Å²) in [5.74, 6) is -0.429. The molecule has 5 heteroatoms. The first-order valence-electron chi connectivity index (χ1n) is 6.36. The largest absolute Gasteiger partial charge is 0.508 e. The number of phenols is 1. The molecule has 0 radical (unpaired) electrons. The van der Waals surface area contributed by atoms with Crippen molar-refractivity contribution < 1.29 is 14.3 Å². The molecule has 0 heterocycles. The average Bonchev–Trinajstić information content (AvgIpc) is 2.39. The molecule has 0 aliphatic rings. The van der Waals surface area contributed by atoms with Crippen LogP contribution in [-0.2, 0) is 4.79 Å². The normalized spacial score (nSPS) is 13.9. The van der Waals surface area contributed by atoms with Gasteiger partial charge in [-0.15, -0.1) is 0 Å². The van der Waals surface area contributed by atoms with E-state index in [9.17, 15) is 14.3 Å². The van der Waals surface area contributed by atoms with E-state index in [1.165, 1.54) is 18.2 Å². The highest BCUT2D eigenvalue weighted by Crippen LogP contribution is 2.25. The minimum absolute atomic E-state index is 0.0184. The van der Waals surface area contributed by atoms with Crippen molar-refractivity contribution in [3.63, 3.8) is 0 Å². The van der Waals surface area contributed by atoms with Gasteiger partial charge in [-0.25, -0.2) is 4.39 Å². The average molecular weight is 268 g/mol. The lowest BCUT2D eigenvalue weighted by atomic mass is 10.1. The Morgan fingerprint density at radius 3 is 2.68 bits per heavy atom. The summed E-state index contributed by atoms with van der Waals surface area (Å²) in [6.45, 7) is 6.06. The van der Waals surface area contributed by atoms with Crippen LogP contribution in [0.15, 0.2) is 18.2 Å². The number of benzene rings is 1. The molecule has 2 N–H and O–H groups in total. The predicted octanol–water partition coefficient (Wildman–Crippen LogP) is 2.05. The molecule has 106 valence electrons. The smallest absolute Gasteiger partial charge is 0.239 e. The molecule has 1 aromatic carbocycles. The van der Waals surface area contributed by atoms with E-state index in [0.29, 0.717) is 12.1 Å². The molecule has 0 aliphatic carbocycles. The summed E-state index contributed by atoms with van der Waals surface area (Å²) in [6, 6.07) is 3.06. The number of amides is 1. The number of carbonyl (C=O) groups is 1. The fraction of sp³-hybridized carbons (Fsp3) is 0.500. The fourth-order valence-electron chi connectivity index (χ4n) is 1.89. The van der Waals surface area contributed by atoms with Crippen LogP contribution in [0.4, 0.5) is 4.39 Å². The number of likely N-dealkylation sites (N-methyl/N-ethyl adjacent to an activating group) is 1. The summed E-state index contributed by atoms with van der Waals surface area (Å²) < 4.78 is 13.2. The van der Waals surface area contributed by atoms with Crippen molar-refractivity contribution in [2.24, 2.45) is 0 Å². The van der Waals surface area contributed by atoms with Crippen LogP contribution in [0.25, 0.3) is 0 Å². The SMILES string of the molecule is CCN(C)C(=O)C(C)NC(C)c1cc(F)ccc1O. The number of carbonyl (C=O) groups excluding carboxylic acids is 1. The Labute approximate surface area is 113 Å². The van der Waals surface area contributed by atoms with Gasteiger partial charge in [0.2, 0.25) is 5.91 Å². The van der Waals surface area contributed by atoms with Crippen LogP contribution in [0.3, 0.4) is 0 Å². The van der Waals surface area contributed by atoms with E-state index in [1.807, 2.05) is 6.92 Å². The van der Waals surface area contributed by atoms with Gasteiger partial charge in [0.05, 0.1) is 6.04 Å². The van der Waals surface area contributed by atoms with Crippen LogP contribution in [-0.4, -0.2) is 35.5 Å². The zero-order valence-electron chi connectivity index (χ0n) is 11.8. The zero-order valence-corrected chi connectivity index (χ0v) is 11.8. The van der Waals surface area contributed by atoms with Gasteiger partial charge in [-0.05, 0) is 39.0 Å². The van der Waals surface area contributed by atoms with Crippen LogP contribution in [0, 0.1) is 5.82 Å². The number of hydrogen-bond acceptors (Lipinski definition) is 3. The molecule has 0 spiro atoms. The second kappa shape index (κ2) is 6.52. The third-order valence-corrected chi connectivity index (χ3v) is 3.18. The van der Waals surface area contributed by atoms with Crippen molar-refractivity contribution in [3.8, 4) is 5.75 Å². The maximum Gasteiger partial charge on any atom is 0.239 e. The van der Waals surface area contributed by atoms with E-state index in [4.69, 9.17) is 0 Å². The molecule has 0 saturated heterocycles. The lowest BCUT2D eigenvalue weighted by Crippen LogP contribution is -2.43. The van der Waals surface area contributed by atoms with E-state index in [-0.39, 0.29) is 17.7 Å². The van der Waals surface area contributed by atoms with Gasteiger partial charge in [0.15, 0.2) is 0 Å². The van der Waals surface area contributed by atoms with Crippen LogP contribution < -0.4 is 5.32 Å². The van der Waals surface area contributed by atoms with Crippen LogP contribution in [0.5, 0.6) is 5.75 Å². The monoisotopic (exact) mass is 268 g/mol. The number of phenolic OH excluding ortho intramolecular Hbond substituents is 1. The Balaban J connectivity index is 2.76. The minimum Gasteiger partial charge on any atom is -0.508 e. The second-order valence-corrected chi connectivity index (χ2v) is 4.67. The van der Waals surface area contributed by atoms with Gasteiger partial charge < -0.3 is 10.0 Å². The minimum atomic E-state index is -0.411. The van der Waals surface area contributed by atoms with Gasteiger partial charge in [-0.3, -0.25) is 10.1 Å². The molecular weight excluding hydrogens is 247 g/mol. The summed E-state index contributed by atoms with van der Waals surface area (Å²) >= 11 is 0. The highest BCUT2D eigenvalue weighted by Gasteiger charge is 2.20. The summed E-state index contributed by atoms with van der Waals surface area (Å²) in [4.78, 5) is 13.5. The standard InChI is InChI=1S/C14H21FN2O2/c1-5-17(4)14(19)10(3)16-9(2)12-8-11(15)6-7-13(12)18/h6-10,16,18H,5H2,1-4H3. The number of nitrogens with one attached hydrogen (secondary N) is 1. The molecule has 1 amide bonds. The molecule has 0 fully saturated rings. The molecule has 2 unspecified atom stereocenters. The molecule has 0 aliphatic heterocycles. The van der Waals surface area contributed by atoms with E-state index in [2.05, 4.69) is 5.32 Å². The number of rotatable bonds is 5. The molecule has 19 heavy (non-hydrogen) atoms. The summed E-state index contributed by atoms with van der Waals surface area (Å²) in [6.07, 6.45) is 0. The number of halogens is 1. The molecular formula is C14H21FN2O2. The Hall–Kier alpha value is -1.62. The van der Waals surface area contributed by atoms with Crippen molar-refractivity contribution in [1.82, 2.24) is 10.2 Å². The molecule has 0 bridgehead atoms. The third-order valence-electron chi connectivity index (χ3n) is 3.18. The van der Waals surface area contributed by atoms with Crippen LogP contribution >= 0.6 is 0 Å². The van der Waals surface area contributed by atoms with Gasteiger partial charge in [0.1, 0.15) is 11.6 Å². The molecule has 0 aromatic heterocycles. The van der Waals surface area contributed by atoms with Crippen molar-refractivity contribution in [2.45, 2.75) is 32.9 Å². The van der Waals surface area contributed by atoms with Gasteiger partial charge in [0, 0.05) is 25.2 Å². The maximum absolute atomic E-state index is 13.2. The topological polar surface area (TPSA) is 52.6 Å². The number of aromatic hydroxyl groups is 1. The van der Waals surface area contributed by atoms with Crippen molar-refractivity contribution in [2.75, 3.05) is 13.6 Å². The highest BCUT2D eigenvalue weighted by atomic mass is 19.1. The van der Waals surface area contributed by atoms with E-state index in [1.54, 1.807) is 25.8 Å². The second-order valence-electron chi connectivity index (χ2n) is 4.67. The molecule has 2 atom stereocenters. The number of nitrogens with zero attached hydrogens (tertiary/aromatic N) is 1. The Kier molecular flexibility index (Phi) is 5.30. The van der Waals surface area contributed by atoms with Crippen molar-refractivity contribution >= 4 is 5.91 Å². The predicted molar refractivity (Wildman–Crippen MR) is 72.4 cm³/mol. The quantitative estimate of drug-likeness (QED) is 0.859. The highest BCUT2D eigenvalue weighted by molar-refractivity contribution is 5.81. The molecule has 1 rings (SSSR count). The molecule has 0 saturated carbocycles. The molecule has 4 nitrogen and oxygen atoms in total. The lowest BCUT2D eigenvalue weighted by Gasteiger charge is -2.24. The van der Waals surface area contributed by atoms with Gasteiger partial charge >= 0.3 is 0 Å². The van der Waals surface area contributed by atoms with Crippen LogP contribution in [0.1, 0.15) is 32.4 Å². The Bertz CT molecular complexity index is 451. The van der Waals surface area contributed by atoms with Gasteiger partial charge in [-0.1, -0.05) is 0 Å². The zero-order chi connectivity index (χ0) is 14.6. The van der Waals surface area contributed by atoms with Gasteiger partial charge in [0.25, 0.3) is 0 Å². The van der Waals surface area contributed by atoms with Crippen molar-refractivity contribution in [3.05, 3.63) is 29.6 Å². The van der Waals surface area contributed by atoms with E-state index >= 15 is 0 Å². The summed E-state index contributed by atoms with van der Waals surface area (Å²) in [5, 5.41) is 12.8. The maximum atomic E-state index is 13.2. The Morgan fingerprint density at radius 1 is 1.47 bits per heavy atom.